The first-order valence-electron chi connectivity index (χ1n) is 9.52. The highest BCUT2D eigenvalue weighted by Crippen LogP contribution is 2.32. The number of aryl methyl sites for hydroxylation is 1. The van der Waals surface area contributed by atoms with E-state index in [0.717, 1.165) is 17.4 Å². The Labute approximate surface area is 169 Å². The number of hydrogen-bond acceptors (Lipinski definition) is 2. The number of furan rings is 1. The maximum atomic E-state index is 12.9. The molecule has 29 heavy (non-hydrogen) atoms. The zero-order chi connectivity index (χ0) is 21.2. The molecule has 1 aromatic carbocycles. The summed E-state index contributed by atoms with van der Waals surface area (Å²) in [5.74, 6) is 2.00. The van der Waals surface area contributed by atoms with Gasteiger partial charge in [-0.25, -0.2) is 0 Å². The first kappa shape index (κ1) is 21.0. The molecule has 0 N–H and O–H groups in total. The van der Waals surface area contributed by atoms with E-state index in [9.17, 15) is 13.2 Å². The van der Waals surface area contributed by atoms with Crippen molar-refractivity contribution in [1.29, 1.82) is 0 Å². The average Bonchev–Trinajstić information content (AvgIpc) is 2.84. The van der Waals surface area contributed by atoms with E-state index in [0.29, 0.717) is 23.7 Å². The van der Waals surface area contributed by atoms with Gasteiger partial charge < -0.3 is 9.15 Å². The molecular formula is C24H25F3O2. The van der Waals surface area contributed by atoms with Crippen molar-refractivity contribution >= 4 is 5.57 Å². The van der Waals surface area contributed by atoms with Gasteiger partial charge in [-0.05, 0) is 48.6 Å². The van der Waals surface area contributed by atoms with Crippen LogP contribution in [0.5, 0.6) is 5.75 Å². The van der Waals surface area contributed by atoms with E-state index in [4.69, 9.17) is 9.15 Å². The maximum absolute atomic E-state index is 12.9. The summed E-state index contributed by atoms with van der Waals surface area (Å²) in [6.45, 7) is 8.59. The number of ether oxygens (including phenoxy) is 1. The normalized spacial score (nSPS) is 15.0. The Morgan fingerprint density at radius 1 is 1.03 bits per heavy atom. The van der Waals surface area contributed by atoms with Crippen molar-refractivity contribution in [3.05, 3.63) is 82.9 Å². The van der Waals surface area contributed by atoms with Crippen LogP contribution in [0.25, 0.3) is 5.57 Å². The average molecular weight is 402 g/mol. The smallest absolute Gasteiger partial charge is 0.416 e. The van der Waals surface area contributed by atoms with Gasteiger partial charge in [0.25, 0.3) is 0 Å². The Balaban J connectivity index is 1.73. The topological polar surface area (TPSA) is 22.4 Å². The first-order valence-corrected chi connectivity index (χ1v) is 9.52. The molecule has 0 unspecified atom stereocenters. The summed E-state index contributed by atoms with van der Waals surface area (Å²) in [5, 5.41) is 0. The molecule has 0 bridgehead atoms. The van der Waals surface area contributed by atoms with Gasteiger partial charge in [0.05, 0.1) is 5.57 Å². The minimum atomic E-state index is -4.35. The summed E-state index contributed by atoms with van der Waals surface area (Å²) in [4.78, 5) is 0. The predicted molar refractivity (Wildman–Crippen MR) is 109 cm³/mol. The standard InChI is InChI=1S/C24H25F3O2/c1-16-18(15-28-21-10-6-9-20(14-21)23(2,3)4)13-22(29-16)17-7-5-8-19(12-11-17)24(25,26)27/h6-14H,5,15H2,1-4H3. The summed E-state index contributed by atoms with van der Waals surface area (Å²) < 4.78 is 50.4. The van der Waals surface area contributed by atoms with Crippen molar-refractivity contribution in [2.75, 3.05) is 0 Å². The molecule has 5 heteroatoms. The van der Waals surface area contributed by atoms with E-state index < -0.39 is 11.7 Å². The number of hydrogen-bond donors (Lipinski definition) is 0. The molecule has 0 radical (unpaired) electrons. The van der Waals surface area contributed by atoms with E-state index in [1.165, 1.54) is 17.7 Å². The molecule has 154 valence electrons. The van der Waals surface area contributed by atoms with Crippen molar-refractivity contribution in [3.8, 4) is 5.75 Å². The summed E-state index contributed by atoms with van der Waals surface area (Å²) in [6.07, 6.45) is 1.28. The molecule has 1 aromatic heterocycles. The number of alkyl halides is 3. The van der Waals surface area contributed by atoms with Gasteiger partial charge in [0, 0.05) is 11.1 Å². The Kier molecular flexibility index (Phi) is 5.78. The number of halogens is 3. The predicted octanol–water partition coefficient (Wildman–Crippen LogP) is 7.30. The van der Waals surface area contributed by atoms with Gasteiger partial charge in [-0.15, -0.1) is 0 Å². The molecule has 0 saturated carbocycles. The molecule has 0 fully saturated rings. The van der Waals surface area contributed by atoms with E-state index in [-0.39, 0.29) is 11.8 Å². The minimum Gasteiger partial charge on any atom is -0.489 e. The van der Waals surface area contributed by atoms with Crippen molar-refractivity contribution < 1.29 is 22.3 Å². The molecular weight excluding hydrogens is 377 g/mol. The molecule has 1 heterocycles. The summed E-state index contributed by atoms with van der Waals surface area (Å²) >= 11 is 0. The van der Waals surface area contributed by atoms with Gasteiger partial charge >= 0.3 is 6.18 Å². The third kappa shape index (κ3) is 5.22. The zero-order valence-electron chi connectivity index (χ0n) is 17.1. The second-order valence-electron chi connectivity index (χ2n) is 8.14. The lowest BCUT2D eigenvalue weighted by molar-refractivity contribution is -0.0883. The summed E-state index contributed by atoms with van der Waals surface area (Å²) in [7, 11) is 0. The molecule has 0 amide bonds. The van der Waals surface area contributed by atoms with Crippen LogP contribution in [0.1, 0.15) is 49.8 Å². The van der Waals surface area contributed by atoms with Crippen LogP contribution in [0.2, 0.25) is 0 Å². The minimum absolute atomic E-state index is 0.0275. The zero-order valence-corrected chi connectivity index (χ0v) is 17.1. The number of allylic oxidation sites excluding steroid dienone is 6. The van der Waals surface area contributed by atoms with Gasteiger partial charge in [-0.2, -0.15) is 13.2 Å². The first-order chi connectivity index (χ1) is 13.5. The van der Waals surface area contributed by atoms with Gasteiger partial charge in [0.15, 0.2) is 0 Å². The van der Waals surface area contributed by atoms with Gasteiger partial charge in [0.1, 0.15) is 23.9 Å². The van der Waals surface area contributed by atoms with Crippen molar-refractivity contribution in [3.63, 3.8) is 0 Å². The lowest BCUT2D eigenvalue weighted by Crippen LogP contribution is -2.10. The SMILES string of the molecule is Cc1oc(C2=CCC=C(C(F)(F)F)C=C2)cc1COc1cccc(C(C)(C)C)c1. The van der Waals surface area contributed by atoms with E-state index in [1.807, 2.05) is 31.2 Å². The monoisotopic (exact) mass is 402 g/mol. The Morgan fingerprint density at radius 3 is 2.48 bits per heavy atom. The van der Waals surface area contributed by atoms with Crippen LogP contribution < -0.4 is 4.74 Å². The molecule has 2 nitrogen and oxygen atoms in total. The highest BCUT2D eigenvalue weighted by Gasteiger charge is 2.31. The molecule has 1 aliphatic carbocycles. The maximum Gasteiger partial charge on any atom is 0.416 e. The van der Waals surface area contributed by atoms with Crippen LogP contribution in [0, 0.1) is 6.92 Å². The number of rotatable bonds is 4. The Bertz CT molecular complexity index is 967. The largest absolute Gasteiger partial charge is 0.489 e. The van der Waals surface area contributed by atoms with Gasteiger partial charge in [0.2, 0.25) is 0 Å². The lowest BCUT2D eigenvalue weighted by Gasteiger charge is -2.19. The number of benzene rings is 1. The highest BCUT2D eigenvalue weighted by molar-refractivity contribution is 5.73. The Hall–Kier alpha value is -2.69. The van der Waals surface area contributed by atoms with Crippen LogP contribution in [-0.4, -0.2) is 6.18 Å². The molecule has 0 spiro atoms. The van der Waals surface area contributed by atoms with E-state index >= 15 is 0 Å². The molecule has 1 aliphatic rings. The van der Waals surface area contributed by atoms with E-state index in [1.54, 1.807) is 6.08 Å². The van der Waals surface area contributed by atoms with Crippen LogP contribution in [0.15, 0.2) is 64.6 Å². The fourth-order valence-electron chi connectivity index (χ4n) is 3.04. The van der Waals surface area contributed by atoms with Crippen LogP contribution >= 0.6 is 0 Å². The van der Waals surface area contributed by atoms with Crippen LogP contribution in [-0.2, 0) is 12.0 Å². The fraction of sp³-hybridized carbons (Fsp3) is 0.333. The molecule has 0 atom stereocenters. The lowest BCUT2D eigenvalue weighted by atomic mass is 9.87. The van der Waals surface area contributed by atoms with Crippen LogP contribution in [0.4, 0.5) is 13.2 Å². The Morgan fingerprint density at radius 2 is 1.79 bits per heavy atom. The quantitative estimate of drug-likeness (QED) is 0.535. The third-order valence-electron chi connectivity index (χ3n) is 4.84. The van der Waals surface area contributed by atoms with Crippen LogP contribution in [0.3, 0.4) is 0 Å². The van der Waals surface area contributed by atoms with Crippen molar-refractivity contribution in [2.45, 2.75) is 52.3 Å². The molecule has 2 aromatic rings. The fourth-order valence-corrected chi connectivity index (χ4v) is 3.04. The van der Waals surface area contributed by atoms with E-state index in [2.05, 4.69) is 26.8 Å². The molecule has 0 aliphatic heterocycles. The van der Waals surface area contributed by atoms with Gasteiger partial charge in [-0.3, -0.25) is 0 Å². The summed E-state index contributed by atoms with van der Waals surface area (Å²) in [6, 6.07) is 9.81. The van der Waals surface area contributed by atoms with Gasteiger partial charge in [-0.1, -0.05) is 51.1 Å². The van der Waals surface area contributed by atoms with Crippen molar-refractivity contribution in [1.82, 2.24) is 0 Å². The summed E-state index contributed by atoms with van der Waals surface area (Å²) in [5.41, 5.74) is 2.06. The second kappa shape index (κ2) is 7.97. The third-order valence-corrected chi connectivity index (χ3v) is 4.84. The van der Waals surface area contributed by atoms with Crippen molar-refractivity contribution in [2.24, 2.45) is 0 Å². The second-order valence-corrected chi connectivity index (χ2v) is 8.14. The highest BCUT2D eigenvalue weighted by atomic mass is 19.4. The molecule has 3 rings (SSSR count). The molecule has 0 saturated heterocycles.